The summed E-state index contributed by atoms with van der Waals surface area (Å²) in [6.45, 7) is 7.28. The number of carbonyl (C=O) groups is 1. The van der Waals surface area contributed by atoms with Crippen LogP contribution >= 0.6 is 0 Å². The average Bonchev–Trinajstić information content (AvgIpc) is 2.44. The Bertz CT molecular complexity index is 482. The quantitative estimate of drug-likeness (QED) is 0.399. The first-order valence-corrected chi connectivity index (χ1v) is 7.64. The Hall–Kier alpha value is -1.59. The molecule has 0 N–H and O–H groups in total. The highest BCUT2D eigenvalue weighted by Crippen LogP contribution is 2.26. The molecule has 1 aliphatic heterocycles. The van der Waals surface area contributed by atoms with Gasteiger partial charge in [-0.25, -0.2) is 0 Å². The van der Waals surface area contributed by atoms with E-state index in [1.165, 1.54) is 6.92 Å². The van der Waals surface area contributed by atoms with Gasteiger partial charge in [0.2, 0.25) is 0 Å². The van der Waals surface area contributed by atoms with Crippen LogP contribution in [0.25, 0.3) is 0 Å². The third-order valence-electron chi connectivity index (χ3n) is 3.37. The highest BCUT2D eigenvalue weighted by molar-refractivity contribution is 5.69. The molecule has 1 heterocycles. The predicted octanol–water partition coefficient (Wildman–Crippen LogP) is 2.82. The maximum Gasteiger partial charge on any atom is 0.308 e. The minimum atomic E-state index is -0.333. The molecule has 1 aliphatic rings. The van der Waals surface area contributed by atoms with Gasteiger partial charge in [0.25, 0.3) is 0 Å². The fourth-order valence-corrected chi connectivity index (χ4v) is 2.14. The van der Waals surface area contributed by atoms with Gasteiger partial charge in [-0.05, 0) is 25.0 Å². The Morgan fingerprint density at radius 2 is 1.95 bits per heavy atom. The number of esters is 1. The molecule has 1 fully saturated rings. The minimum Gasteiger partial charge on any atom is -0.493 e. The van der Waals surface area contributed by atoms with Gasteiger partial charge in [-0.1, -0.05) is 13.0 Å². The molecule has 0 amide bonds. The van der Waals surface area contributed by atoms with E-state index in [0.29, 0.717) is 18.1 Å². The molecule has 1 saturated heterocycles. The van der Waals surface area contributed by atoms with Gasteiger partial charge in [0, 0.05) is 25.0 Å². The third-order valence-corrected chi connectivity index (χ3v) is 3.37. The van der Waals surface area contributed by atoms with Gasteiger partial charge in [-0.15, -0.1) is 0 Å². The van der Waals surface area contributed by atoms with Crippen molar-refractivity contribution in [3.05, 3.63) is 24.3 Å². The van der Waals surface area contributed by atoms with Crippen LogP contribution in [-0.2, 0) is 14.3 Å². The zero-order valence-electron chi connectivity index (χ0n) is 13.3. The molecular formula is C17H24O5. The van der Waals surface area contributed by atoms with Crippen LogP contribution in [0, 0.1) is 5.41 Å². The second-order valence-corrected chi connectivity index (χ2v) is 5.98. The molecule has 0 atom stereocenters. The molecule has 122 valence electrons. The van der Waals surface area contributed by atoms with Gasteiger partial charge in [0.15, 0.2) is 0 Å². The van der Waals surface area contributed by atoms with E-state index < -0.39 is 0 Å². The van der Waals surface area contributed by atoms with Gasteiger partial charge in [0.05, 0.1) is 26.4 Å². The highest BCUT2D eigenvalue weighted by atomic mass is 16.5. The summed E-state index contributed by atoms with van der Waals surface area (Å²) >= 11 is 0. The lowest BCUT2D eigenvalue weighted by atomic mass is 9.90. The summed E-state index contributed by atoms with van der Waals surface area (Å²) in [7, 11) is 0. The van der Waals surface area contributed by atoms with E-state index in [0.717, 1.165) is 39.3 Å². The fourth-order valence-electron chi connectivity index (χ4n) is 2.14. The average molecular weight is 308 g/mol. The summed E-state index contributed by atoms with van der Waals surface area (Å²) in [5, 5.41) is 0. The summed E-state index contributed by atoms with van der Waals surface area (Å²) < 4.78 is 21.5. The Balaban J connectivity index is 1.55. The first-order chi connectivity index (χ1) is 10.6. The highest BCUT2D eigenvalue weighted by Gasteiger charge is 2.33. The molecule has 0 radical (unpaired) electrons. The molecule has 5 nitrogen and oxygen atoms in total. The molecule has 22 heavy (non-hydrogen) atoms. The lowest BCUT2D eigenvalue weighted by molar-refractivity contribution is -0.138. The van der Waals surface area contributed by atoms with E-state index in [-0.39, 0.29) is 11.4 Å². The van der Waals surface area contributed by atoms with E-state index in [1.807, 2.05) is 6.07 Å². The van der Waals surface area contributed by atoms with Crippen LogP contribution in [0.2, 0.25) is 0 Å². The Labute approximate surface area is 131 Å². The van der Waals surface area contributed by atoms with Crippen LogP contribution in [-0.4, -0.2) is 39.0 Å². The van der Waals surface area contributed by atoms with E-state index in [2.05, 4.69) is 6.92 Å². The number of hydrogen-bond acceptors (Lipinski definition) is 5. The Morgan fingerprint density at radius 1 is 1.23 bits per heavy atom. The lowest BCUT2D eigenvalue weighted by Crippen LogP contribution is -2.43. The third kappa shape index (κ3) is 5.66. The molecule has 0 aromatic heterocycles. The molecular weight excluding hydrogens is 284 g/mol. The molecule has 0 saturated carbocycles. The second-order valence-electron chi connectivity index (χ2n) is 5.98. The van der Waals surface area contributed by atoms with Gasteiger partial charge in [-0.2, -0.15) is 0 Å². The smallest absolute Gasteiger partial charge is 0.308 e. The van der Waals surface area contributed by atoms with Crippen molar-refractivity contribution in [1.82, 2.24) is 0 Å². The van der Waals surface area contributed by atoms with Gasteiger partial charge in [-0.3, -0.25) is 4.79 Å². The van der Waals surface area contributed by atoms with Crippen LogP contribution < -0.4 is 9.47 Å². The minimum absolute atomic E-state index is 0.216. The Kier molecular flexibility index (Phi) is 6.21. The number of ether oxygens (including phenoxy) is 4. The van der Waals surface area contributed by atoms with E-state index >= 15 is 0 Å². The molecule has 1 aromatic rings. The summed E-state index contributed by atoms with van der Waals surface area (Å²) in [6.07, 6.45) is 1.88. The van der Waals surface area contributed by atoms with Crippen LogP contribution in [0.3, 0.4) is 0 Å². The summed E-state index contributed by atoms with van der Waals surface area (Å²) in [4.78, 5) is 10.9. The molecule has 5 heteroatoms. The van der Waals surface area contributed by atoms with Crippen LogP contribution in [0.4, 0.5) is 0 Å². The molecule has 0 unspecified atom stereocenters. The summed E-state index contributed by atoms with van der Waals surface area (Å²) in [6, 6.07) is 7.10. The number of benzene rings is 1. The SMILES string of the molecule is CC(=O)Oc1cccc(OCCCCOCC2(C)COC2)c1. The molecule has 0 bridgehead atoms. The van der Waals surface area contributed by atoms with Crippen molar-refractivity contribution in [2.75, 3.05) is 33.0 Å². The topological polar surface area (TPSA) is 54.0 Å². The summed E-state index contributed by atoms with van der Waals surface area (Å²) in [5.74, 6) is 0.878. The normalized spacial score (nSPS) is 15.9. The van der Waals surface area contributed by atoms with Crippen LogP contribution in [0.15, 0.2) is 24.3 Å². The molecule has 0 aliphatic carbocycles. The van der Waals surface area contributed by atoms with Crippen molar-refractivity contribution >= 4 is 5.97 Å². The van der Waals surface area contributed by atoms with Crippen molar-refractivity contribution in [1.29, 1.82) is 0 Å². The van der Waals surface area contributed by atoms with Crippen LogP contribution in [0.5, 0.6) is 11.5 Å². The van der Waals surface area contributed by atoms with E-state index in [9.17, 15) is 4.79 Å². The molecule has 2 rings (SSSR count). The largest absolute Gasteiger partial charge is 0.493 e. The van der Waals surface area contributed by atoms with E-state index in [4.69, 9.17) is 18.9 Å². The number of rotatable bonds is 9. The van der Waals surface area contributed by atoms with Crippen molar-refractivity contribution in [2.24, 2.45) is 5.41 Å². The van der Waals surface area contributed by atoms with Gasteiger partial charge >= 0.3 is 5.97 Å². The van der Waals surface area contributed by atoms with Gasteiger partial charge < -0.3 is 18.9 Å². The van der Waals surface area contributed by atoms with Crippen molar-refractivity contribution in [3.63, 3.8) is 0 Å². The zero-order chi connectivity index (χ0) is 15.8. The second kappa shape index (κ2) is 8.15. The van der Waals surface area contributed by atoms with Crippen molar-refractivity contribution in [3.8, 4) is 11.5 Å². The van der Waals surface area contributed by atoms with E-state index in [1.54, 1.807) is 18.2 Å². The Morgan fingerprint density at radius 3 is 2.64 bits per heavy atom. The maximum atomic E-state index is 10.9. The van der Waals surface area contributed by atoms with Gasteiger partial charge in [0.1, 0.15) is 11.5 Å². The lowest BCUT2D eigenvalue weighted by Gasteiger charge is -2.37. The number of hydrogen-bond donors (Lipinski definition) is 0. The van der Waals surface area contributed by atoms with Crippen molar-refractivity contribution in [2.45, 2.75) is 26.7 Å². The predicted molar refractivity (Wildman–Crippen MR) is 82.2 cm³/mol. The first-order valence-electron chi connectivity index (χ1n) is 7.64. The number of carbonyl (C=O) groups excluding carboxylic acids is 1. The monoisotopic (exact) mass is 308 g/mol. The molecule has 1 aromatic carbocycles. The summed E-state index contributed by atoms with van der Waals surface area (Å²) in [5.41, 5.74) is 0.216. The standard InChI is InChI=1S/C17H24O5/c1-14(18)22-16-7-5-6-15(10-16)21-9-4-3-8-19-11-17(2)12-20-13-17/h5-7,10H,3-4,8-9,11-13H2,1-2H3. The first kappa shape index (κ1) is 16.8. The maximum absolute atomic E-state index is 10.9. The zero-order valence-corrected chi connectivity index (χ0v) is 13.3. The van der Waals surface area contributed by atoms with Crippen molar-refractivity contribution < 1.29 is 23.7 Å². The van der Waals surface area contributed by atoms with Crippen LogP contribution in [0.1, 0.15) is 26.7 Å². The number of unbranched alkanes of at least 4 members (excludes halogenated alkanes) is 1. The fraction of sp³-hybridized carbons (Fsp3) is 0.588. The molecule has 0 spiro atoms.